The van der Waals surface area contributed by atoms with E-state index in [1.54, 1.807) is 6.20 Å². The van der Waals surface area contributed by atoms with Crippen molar-refractivity contribution in [1.29, 1.82) is 0 Å². The maximum Gasteiger partial charge on any atom is 0.451 e. The standard InChI is InChI=1S/C12H14F3N5/c1-16-11-19-10(12(13,14)15)18-9-8(6-17-20(9)11)7-4-2-3-5-7/h6-7H,2-5H2,1H3,(H,16,18,19). The van der Waals surface area contributed by atoms with Crippen molar-refractivity contribution in [2.24, 2.45) is 0 Å². The summed E-state index contributed by atoms with van der Waals surface area (Å²) in [4.78, 5) is 7.17. The molecule has 1 fully saturated rings. The summed E-state index contributed by atoms with van der Waals surface area (Å²) < 4.78 is 39.9. The van der Waals surface area contributed by atoms with Gasteiger partial charge in [-0.1, -0.05) is 12.8 Å². The highest BCUT2D eigenvalue weighted by Crippen LogP contribution is 2.36. The van der Waals surface area contributed by atoms with Crippen LogP contribution >= 0.6 is 0 Å². The number of hydrogen-bond donors (Lipinski definition) is 1. The largest absolute Gasteiger partial charge is 0.451 e. The van der Waals surface area contributed by atoms with E-state index in [1.807, 2.05) is 0 Å². The van der Waals surface area contributed by atoms with Crippen LogP contribution in [0, 0.1) is 0 Å². The molecule has 20 heavy (non-hydrogen) atoms. The lowest BCUT2D eigenvalue weighted by molar-refractivity contribution is -0.144. The highest BCUT2D eigenvalue weighted by molar-refractivity contribution is 5.52. The number of fused-ring (bicyclic) bond motifs is 1. The van der Waals surface area contributed by atoms with Crippen LogP contribution in [-0.2, 0) is 6.18 Å². The second-order valence-corrected chi connectivity index (χ2v) is 4.94. The fraction of sp³-hybridized carbons (Fsp3) is 0.583. The molecule has 108 valence electrons. The lowest BCUT2D eigenvalue weighted by Crippen LogP contribution is -2.16. The molecule has 8 heteroatoms. The van der Waals surface area contributed by atoms with Gasteiger partial charge in [-0.25, -0.2) is 4.98 Å². The zero-order valence-electron chi connectivity index (χ0n) is 10.9. The first-order valence-corrected chi connectivity index (χ1v) is 6.51. The molecule has 2 aromatic heterocycles. The van der Waals surface area contributed by atoms with Gasteiger partial charge in [0.15, 0.2) is 5.65 Å². The highest BCUT2D eigenvalue weighted by atomic mass is 19.4. The Kier molecular flexibility index (Phi) is 3.02. The van der Waals surface area contributed by atoms with Gasteiger partial charge in [0.05, 0.1) is 6.20 Å². The van der Waals surface area contributed by atoms with Gasteiger partial charge in [-0.3, -0.25) is 0 Å². The minimum Gasteiger partial charge on any atom is -0.357 e. The summed E-state index contributed by atoms with van der Waals surface area (Å²) in [5.41, 5.74) is 1.04. The molecule has 1 aliphatic rings. The molecule has 1 aliphatic carbocycles. The Morgan fingerprint density at radius 1 is 1.25 bits per heavy atom. The molecule has 0 spiro atoms. The molecule has 2 heterocycles. The summed E-state index contributed by atoms with van der Waals surface area (Å²) in [6.07, 6.45) is 1.19. The minimum atomic E-state index is -4.56. The maximum absolute atomic E-state index is 12.9. The topological polar surface area (TPSA) is 55.1 Å². The van der Waals surface area contributed by atoms with E-state index in [1.165, 1.54) is 11.6 Å². The SMILES string of the molecule is CNc1nc(C(F)(F)F)nc2c(C3CCCC3)cnn12. The second-order valence-electron chi connectivity index (χ2n) is 4.94. The third-order valence-corrected chi connectivity index (χ3v) is 3.67. The number of nitrogens with zero attached hydrogens (tertiary/aromatic N) is 4. The van der Waals surface area contributed by atoms with Gasteiger partial charge in [0, 0.05) is 12.6 Å². The van der Waals surface area contributed by atoms with Crippen LogP contribution in [0.2, 0.25) is 0 Å². The van der Waals surface area contributed by atoms with Gasteiger partial charge in [-0.15, -0.1) is 0 Å². The van der Waals surface area contributed by atoms with E-state index in [2.05, 4.69) is 20.4 Å². The fourth-order valence-electron chi connectivity index (χ4n) is 2.71. The number of aromatic nitrogens is 4. The number of hydrogen-bond acceptors (Lipinski definition) is 4. The highest BCUT2D eigenvalue weighted by Gasteiger charge is 2.36. The first kappa shape index (κ1) is 13.1. The summed E-state index contributed by atoms with van der Waals surface area (Å²) in [7, 11) is 1.51. The van der Waals surface area contributed by atoms with E-state index >= 15 is 0 Å². The van der Waals surface area contributed by atoms with Gasteiger partial charge in [-0.2, -0.15) is 27.8 Å². The average Bonchev–Trinajstić information content (AvgIpc) is 3.04. The predicted molar refractivity (Wildman–Crippen MR) is 66.5 cm³/mol. The lowest BCUT2D eigenvalue weighted by atomic mass is 10.0. The Labute approximate surface area is 113 Å². The van der Waals surface area contributed by atoms with Crippen molar-refractivity contribution in [3.63, 3.8) is 0 Å². The minimum absolute atomic E-state index is 0.0478. The Hall–Kier alpha value is -1.86. The molecular weight excluding hydrogens is 271 g/mol. The summed E-state index contributed by atoms with van der Waals surface area (Å²) >= 11 is 0. The zero-order chi connectivity index (χ0) is 14.3. The van der Waals surface area contributed by atoms with Crippen molar-refractivity contribution in [2.45, 2.75) is 37.8 Å². The Balaban J connectivity index is 2.19. The number of nitrogens with one attached hydrogen (secondary N) is 1. The van der Waals surface area contributed by atoms with Crippen LogP contribution < -0.4 is 5.32 Å². The van der Waals surface area contributed by atoms with E-state index in [0.29, 0.717) is 0 Å². The van der Waals surface area contributed by atoms with Crippen LogP contribution in [0.4, 0.5) is 19.1 Å². The number of anilines is 1. The van der Waals surface area contributed by atoms with Gasteiger partial charge in [0.2, 0.25) is 11.8 Å². The van der Waals surface area contributed by atoms with Gasteiger partial charge < -0.3 is 5.32 Å². The summed E-state index contributed by atoms with van der Waals surface area (Å²) in [6, 6.07) is 0. The van der Waals surface area contributed by atoms with E-state index in [4.69, 9.17) is 0 Å². The van der Waals surface area contributed by atoms with Crippen LogP contribution in [-0.4, -0.2) is 26.6 Å². The van der Waals surface area contributed by atoms with Crippen molar-refractivity contribution < 1.29 is 13.2 Å². The summed E-state index contributed by atoms with van der Waals surface area (Å²) in [5.74, 6) is -0.839. The first-order chi connectivity index (χ1) is 9.50. The van der Waals surface area contributed by atoms with Gasteiger partial charge in [0.1, 0.15) is 0 Å². The molecule has 1 N–H and O–H groups in total. The lowest BCUT2D eigenvalue weighted by Gasteiger charge is -2.10. The third kappa shape index (κ3) is 2.08. The van der Waals surface area contributed by atoms with Crippen LogP contribution in [0.1, 0.15) is 43.0 Å². The molecule has 0 aromatic carbocycles. The monoisotopic (exact) mass is 285 g/mol. The molecule has 0 radical (unpaired) electrons. The molecular formula is C12H14F3N5. The Bertz CT molecular complexity index is 628. The number of rotatable bonds is 2. The van der Waals surface area contributed by atoms with Crippen molar-refractivity contribution in [2.75, 3.05) is 12.4 Å². The van der Waals surface area contributed by atoms with Crippen molar-refractivity contribution >= 4 is 11.6 Å². The van der Waals surface area contributed by atoms with Crippen molar-refractivity contribution in [3.8, 4) is 0 Å². The van der Waals surface area contributed by atoms with E-state index in [9.17, 15) is 13.2 Å². The third-order valence-electron chi connectivity index (χ3n) is 3.67. The average molecular weight is 285 g/mol. The second kappa shape index (κ2) is 4.60. The van der Waals surface area contributed by atoms with E-state index in [-0.39, 0.29) is 17.5 Å². The zero-order valence-corrected chi connectivity index (χ0v) is 10.9. The summed E-state index contributed by atoms with van der Waals surface area (Å²) in [5, 5.41) is 6.75. The van der Waals surface area contributed by atoms with Crippen molar-refractivity contribution in [1.82, 2.24) is 19.6 Å². The molecule has 1 saturated carbocycles. The van der Waals surface area contributed by atoms with E-state index in [0.717, 1.165) is 31.2 Å². The normalized spacial score (nSPS) is 17.0. The van der Waals surface area contributed by atoms with Gasteiger partial charge in [0.25, 0.3) is 0 Å². The Morgan fingerprint density at radius 2 is 1.95 bits per heavy atom. The molecule has 0 atom stereocenters. The quantitative estimate of drug-likeness (QED) is 0.921. The van der Waals surface area contributed by atoms with Crippen LogP contribution in [0.25, 0.3) is 5.65 Å². The Morgan fingerprint density at radius 3 is 2.55 bits per heavy atom. The molecule has 5 nitrogen and oxygen atoms in total. The molecule has 2 aromatic rings. The van der Waals surface area contributed by atoms with Crippen LogP contribution in [0.15, 0.2) is 6.20 Å². The van der Waals surface area contributed by atoms with Crippen LogP contribution in [0.3, 0.4) is 0 Å². The van der Waals surface area contributed by atoms with Crippen LogP contribution in [0.5, 0.6) is 0 Å². The smallest absolute Gasteiger partial charge is 0.357 e. The van der Waals surface area contributed by atoms with Crippen molar-refractivity contribution in [3.05, 3.63) is 17.6 Å². The molecule has 0 amide bonds. The molecule has 0 saturated heterocycles. The van der Waals surface area contributed by atoms with Gasteiger partial charge >= 0.3 is 6.18 Å². The molecule has 0 aliphatic heterocycles. The first-order valence-electron chi connectivity index (χ1n) is 6.51. The predicted octanol–water partition coefficient (Wildman–Crippen LogP) is 2.84. The fourth-order valence-corrected chi connectivity index (χ4v) is 2.71. The molecule has 3 rings (SSSR count). The maximum atomic E-state index is 12.9. The summed E-state index contributed by atoms with van der Waals surface area (Å²) in [6.45, 7) is 0. The van der Waals surface area contributed by atoms with Gasteiger partial charge in [-0.05, 0) is 18.8 Å². The molecule has 0 unspecified atom stereocenters. The number of alkyl halides is 3. The number of halogens is 3. The molecule has 0 bridgehead atoms. The van der Waals surface area contributed by atoms with E-state index < -0.39 is 12.0 Å².